The molecular formula is C6H7N3. The second kappa shape index (κ2) is 2.81. The Balaban J connectivity index is 2.85. The molecule has 0 aromatic carbocycles. The highest BCUT2D eigenvalue weighted by Gasteiger charge is 1.80. The van der Waals surface area contributed by atoms with Crippen molar-refractivity contribution in [3.05, 3.63) is 30.1 Å². The first kappa shape index (κ1) is 5.75. The van der Waals surface area contributed by atoms with Gasteiger partial charge in [0.25, 0.3) is 0 Å². The van der Waals surface area contributed by atoms with Crippen molar-refractivity contribution in [3.63, 3.8) is 0 Å². The summed E-state index contributed by atoms with van der Waals surface area (Å²) in [5, 5.41) is 3.35. The van der Waals surface area contributed by atoms with Gasteiger partial charge in [-0.3, -0.25) is 4.98 Å². The molecule has 1 aromatic rings. The molecule has 0 saturated carbocycles. The van der Waals surface area contributed by atoms with Crippen LogP contribution in [0.4, 0.5) is 0 Å². The van der Waals surface area contributed by atoms with E-state index in [-0.39, 0.29) is 0 Å². The van der Waals surface area contributed by atoms with Gasteiger partial charge in [0.2, 0.25) is 0 Å². The van der Waals surface area contributed by atoms with E-state index in [1.165, 1.54) is 0 Å². The zero-order chi connectivity index (χ0) is 6.53. The third-order valence-electron chi connectivity index (χ3n) is 0.930. The first-order valence-electron chi connectivity index (χ1n) is 2.57. The molecule has 0 spiro atoms. The monoisotopic (exact) mass is 121 g/mol. The largest absolute Gasteiger partial charge is 0.323 e. The van der Waals surface area contributed by atoms with Crippen LogP contribution in [0, 0.1) is 0 Å². The standard InChI is InChI=1S/C6H7N3/c7-9-5-6-1-3-8-4-2-6/h1-5H,7H2/b9-5+. The number of pyridine rings is 1. The highest BCUT2D eigenvalue weighted by atomic mass is 15.1. The molecule has 3 nitrogen and oxygen atoms in total. The molecule has 2 N–H and O–H groups in total. The molecule has 0 amide bonds. The second-order valence-corrected chi connectivity index (χ2v) is 1.56. The molecule has 0 aliphatic heterocycles. The first-order chi connectivity index (χ1) is 4.43. The van der Waals surface area contributed by atoms with Crippen molar-refractivity contribution in [2.75, 3.05) is 0 Å². The second-order valence-electron chi connectivity index (χ2n) is 1.56. The summed E-state index contributed by atoms with van der Waals surface area (Å²) < 4.78 is 0. The van der Waals surface area contributed by atoms with Gasteiger partial charge >= 0.3 is 0 Å². The summed E-state index contributed by atoms with van der Waals surface area (Å²) in [6.45, 7) is 0. The number of hydrogen-bond acceptors (Lipinski definition) is 3. The minimum Gasteiger partial charge on any atom is -0.323 e. The third kappa shape index (κ3) is 1.53. The summed E-state index contributed by atoms with van der Waals surface area (Å²) in [4.78, 5) is 3.83. The topological polar surface area (TPSA) is 51.3 Å². The smallest absolute Gasteiger partial charge is 0.0539 e. The number of hydrogen-bond donors (Lipinski definition) is 1. The van der Waals surface area contributed by atoms with Crippen molar-refractivity contribution < 1.29 is 0 Å². The number of nitrogens with two attached hydrogens (primary N) is 1. The average molecular weight is 121 g/mol. The summed E-state index contributed by atoms with van der Waals surface area (Å²) in [6.07, 6.45) is 4.95. The molecule has 0 aliphatic rings. The van der Waals surface area contributed by atoms with Crippen LogP contribution in [0.15, 0.2) is 29.6 Å². The average Bonchev–Trinajstić information content (AvgIpc) is 1.91. The molecule has 0 unspecified atom stereocenters. The summed E-state index contributed by atoms with van der Waals surface area (Å²) in [7, 11) is 0. The molecule has 46 valence electrons. The van der Waals surface area contributed by atoms with E-state index in [1.54, 1.807) is 18.6 Å². The molecule has 9 heavy (non-hydrogen) atoms. The Hall–Kier alpha value is -1.38. The molecule has 0 aliphatic carbocycles. The minimum absolute atomic E-state index is 0.965. The van der Waals surface area contributed by atoms with Gasteiger partial charge in [0.1, 0.15) is 0 Å². The van der Waals surface area contributed by atoms with E-state index in [1.807, 2.05) is 12.1 Å². The van der Waals surface area contributed by atoms with E-state index in [2.05, 4.69) is 10.1 Å². The van der Waals surface area contributed by atoms with Crippen LogP contribution in [0.5, 0.6) is 0 Å². The number of aromatic nitrogens is 1. The number of rotatable bonds is 1. The summed E-state index contributed by atoms with van der Waals surface area (Å²) >= 11 is 0. The lowest BCUT2D eigenvalue weighted by molar-refractivity contribution is 1.26. The molecule has 1 heterocycles. The highest BCUT2D eigenvalue weighted by Crippen LogP contribution is 1.88. The first-order valence-corrected chi connectivity index (χ1v) is 2.57. The van der Waals surface area contributed by atoms with Gasteiger partial charge in [-0.1, -0.05) is 0 Å². The summed E-state index contributed by atoms with van der Waals surface area (Å²) in [5.74, 6) is 4.91. The maximum atomic E-state index is 4.91. The van der Waals surface area contributed by atoms with Crippen LogP contribution >= 0.6 is 0 Å². The molecule has 0 atom stereocenters. The minimum atomic E-state index is 0.965. The normalized spacial score (nSPS) is 10.2. The van der Waals surface area contributed by atoms with E-state index in [9.17, 15) is 0 Å². The lowest BCUT2D eigenvalue weighted by atomic mass is 10.3. The fraction of sp³-hybridized carbons (Fsp3) is 0. The Morgan fingerprint density at radius 1 is 1.44 bits per heavy atom. The molecular weight excluding hydrogens is 114 g/mol. The predicted molar refractivity (Wildman–Crippen MR) is 36.0 cm³/mol. The van der Waals surface area contributed by atoms with Crippen molar-refractivity contribution >= 4 is 6.21 Å². The van der Waals surface area contributed by atoms with Crippen LogP contribution in [0.3, 0.4) is 0 Å². The molecule has 0 radical (unpaired) electrons. The Labute approximate surface area is 53.2 Å². The van der Waals surface area contributed by atoms with E-state index in [0.29, 0.717) is 0 Å². The zero-order valence-electron chi connectivity index (χ0n) is 4.86. The SMILES string of the molecule is N/N=C/c1ccncc1. The van der Waals surface area contributed by atoms with Crippen LogP contribution in [-0.4, -0.2) is 11.2 Å². The van der Waals surface area contributed by atoms with Gasteiger partial charge in [0.15, 0.2) is 0 Å². The Kier molecular flexibility index (Phi) is 1.80. The van der Waals surface area contributed by atoms with Crippen molar-refractivity contribution in [2.24, 2.45) is 10.9 Å². The highest BCUT2D eigenvalue weighted by molar-refractivity contribution is 5.78. The van der Waals surface area contributed by atoms with Crippen LogP contribution in [-0.2, 0) is 0 Å². The Morgan fingerprint density at radius 3 is 2.67 bits per heavy atom. The van der Waals surface area contributed by atoms with Gasteiger partial charge in [0.05, 0.1) is 6.21 Å². The fourth-order valence-corrected chi connectivity index (χ4v) is 0.536. The van der Waals surface area contributed by atoms with Crippen molar-refractivity contribution in [1.29, 1.82) is 0 Å². The number of hydrazone groups is 1. The van der Waals surface area contributed by atoms with E-state index in [0.717, 1.165) is 5.56 Å². The van der Waals surface area contributed by atoms with Crippen molar-refractivity contribution in [2.45, 2.75) is 0 Å². The third-order valence-corrected chi connectivity index (χ3v) is 0.930. The molecule has 0 bridgehead atoms. The zero-order valence-corrected chi connectivity index (χ0v) is 4.86. The van der Waals surface area contributed by atoms with Gasteiger partial charge in [-0.25, -0.2) is 0 Å². The summed E-state index contributed by atoms with van der Waals surface area (Å²) in [5.41, 5.74) is 0.965. The summed E-state index contributed by atoms with van der Waals surface area (Å²) in [6, 6.07) is 3.66. The quantitative estimate of drug-likeness (QED) is 0.331. The Bertz CT molecular complexity index is 193. The van der Waals surface area contributed by atoms with Gasteiger partial charge < -0.3 is 5.84 Å². The van der Waals surface area contributed by atoms with Gasteiger partial charge in [-0.05, 0) is 17.7 Å². The van der Waals surface area contributed by atoms with Gasteiger partial charge in [-0.2, -0.15) is 5.10 Å². The van der Waals surface area contributed by atoms with Crippen molar-refractivity contribution in [3.8, 4) is 0 Å². The van der Waals surface area contributed by atoms with Crippen LogP contribution in [0.1, 0.15) is 5.56 Å². The van der Waals surface area contributed by atoms with E-state index >= 15 is 0 Å². The maximum Gasteiger partial charge on any atom is 0.0539 e. The van der Waals surface area contributed by atoms with Crippen LogP contribution in [0.25, 0.3) is 0 Å². The van der Waals surface area contributed by atoms with Crippen LogP contribution in [0.2, 0.25) is 0 Å². The molecule has 3 heteroatoms. The van der Waals surface area contributed by atoms with Crippen LogP contribution < -0.4 is 5.84 Å². The lowest BCUT2D eigenvalue weighted by Crippen LogP contribution is -1.85. The predicted octanol–water partition coefficient (Wildman–Crippen LogP) is 0.374. The van der Waals surface area contributed by atoms with Gasteiger partial charge in [-0.15, -0.1) is 0 Å². The molecule has 1 aromatic heterocycles. The fourth-order valence-electron chi connectivity index (χ4n) is 0.536. The van der Waals surface area contributed by atoms with E-state index < -0.39 is 0 Å². The molecule has 1 rings (SSSR count). The van der Waals surface area contributed by atoms with Gasteiger partial charge in [0, 0.05) is 12.4 Å². The Morgan fingerprint density at radius 2 is 2.11 bits per heavy atom. The lowest BCUT2D eigenvalue weighted by Gasteiger charge is -1.85. The molecule has 0 saturated heterocycles. The van der Waals surface area contributed by atoms with Crippen molar-refractivity contribution in [1.82, 2.24) is 4.98 Å². The molecule has 0 fully saturated rings. The number of nitrogens with zero attached hydrogens (tertiary/aromatic N) is 2. The van der Waals surface area contributed by atoms with E-state index in [4.69, 9.17) is 5.84 Å². The maximum absolute atomic E-state index is 4.91.